The summed E-state index contributed by atoms with van der Waals surface area (Å²) in [5, 5.41) is 15.8. The van der Waals surface area contributed by atoms with Gasteiger partial charge < -0.3 is 4.84 Å². The highest BCUT2D eigenvalue weighted by Gasteiger charge is 2.62. The molecule has 2 saturated carbocycles. The highest BCUT2D eigenvalue weighted by Crippen LogP contribution is 2.64. The quantitative estimate of drug-likeness (QED) is 0.329. The summed E-state index contributed by atoms with van der Waals surface area (Å²) in [6.07, 6.45) is 3.03. The lowest BCUT2D eigenvalue weighted by molar-refractivity contribution is -0.384. The van der Waals surface area contributed by atoms with E-state index in [1.54, 1.807) is 0 Å². The van der Waals surface area contributed by atoms with Gasteiger partial charge in [-0.25, -0.2) is 4.79 Å². The lowest BCUT2D eigenvalue weighted by atomic mass is 9.70. The molecule has 3 unspecified atom stereocenters. The van der Waals surface area contributed by atoms with Crippen LogP contribution in [0.5, 0.6) is 0 Å². The van der Waals surface area contributed by atoms with Crippen molar-refractivity contribution < 1.29 is 14.6 Å². The van der Waals surface area contributed by atoms with E-state index in [9.17, 15) is 14.9 Å². The summed E-state index contributed by atoms with van der Waals surface area (Å²) < 4.78 is 0. The van der Waals surface area contributed by atoms with Crippen LogP contribution in [0.4, 0.5) is 5.69 Å². The molecular formula is C17H19BrN2O4. The predicted molar refractivity (Wildman–Crippen MR) is 93.3 cm³/mol. The maximum Gasteiger partial charge on any atom is 0.365 e. The molecular weight excluding hydrogens is 376 g/mol. The first kappa shape index (κ1) is 17.1. The van der Waals surface area contributed by atoms with Crippen LogP contribution in [-0.4, -0.2) is 21.9 Å². The summed E-state index contributed by atoms with van der Waals surface area (Å²) in [7, 11) is 0. The number of carbonyl (C=O) groups excluding carboxylic acids is 1. The average molecular weight is 395 g/mol. The van der Waals surface area contributed by atoms with Crippen LogP contribution in [0.3, 0.4) is 0 Å². The fourth-order valence-electron chi connectivity index (χ4n) is 4.07. The van der Waals surface area contributed by atoms with Crippen molar-refractivity contribution in [3.8, 4) is 0 Å². The molecule has 0 radical (unpaired) electrons. The Balaban J connectivity index is 1.79. The minimum atomic E-state index is -0.668. The van der Waals surface area contributed by atoms with Crippen LogP contribution >= 0.6 is 15.9 Å². The lowest BCUT2D eigenvalue weighted by Crippen LogP contribution is -2.36. The van der Waals surface area contributed by atoms with Gasteiger partial charge in [0.2, 0.25) is 0 Å². The van der Waals surface area contributed by atoms with Gasteiger partial charge in [-0.3, -0.25) is 10.1 Å². The van der Waals surface area contributed by atoms with E-state index in [2.05, 4.69) is 34.9 Å². The van der Waals surface area contributed by atoms with Gasteiger partial charge in [-0.2, -0.15) is 0 Å². The third kappa shape index (κ3) is 2.46. The molecule has 0 aliphatic heterocycles. The number of oxime groups is 1. The van der Waals surface area contributed by atoms with E-state index in [1.165, 1.54) is 24.3 Å². The minimum Gasteiger partial charge on any atom is -0.313 e. The number of alkyl halides is 1. The third-order valence-electron chi connectivity index (χ3n) is 6.04. The van der Waals surface area contributed by atoms with Gasteiger partial charge in [0.05, 0.1) is 16.2 Å². The predicted octanol–water partition coefficient (Wildman–Crippen LogP) is 4.33. The Hall–Kier alpha value is -1.76. The van der Waals surface area contributed by atoms with Crippen LogP contribution in [-0.2, 0) is 4.84 Å². The van der Waals surface area contributed by atoms with Crippen LogP contribution in [0.1, 0.15) is 43.5 Å². The summed E-state index contributed by atoms with van der Waals surface area (Å²) >= 11 is 3.63. The van der Waals surface area contributed by atoms with Crippen molar-refractivity contribution in [1.29, 1.82) is 0 Å². The molecule has 2 bridgehead atoms. The molecule has 2 aliphatic rings. The number of carbonyl (C=O) groups is 1. The maximum atomic E-state index is 12.2. The Morgan fingerprint density at radius 3 is 2.88 bits per heavy atom. The first-order valence-electron chi connectivity index (χ1n) is 7.91. The Labute approximate surface area is 148 Å². The van der Waals surface area contributed by atoms with E-state index < -0.39 is 10.9 Å². The zero-order chi connectivity index (χ0) is 17.5. The van der Waals surface area contributed by atoms with Crippen molar-refractivity contribution >= 4 is 33.3 Å². The maximum absolute atomic E-state index is 12.2. The van der Waals surface area contributed by atoms with Crippen molar-refractivity contribution in [2.24, 2.45) is 21.9 Å². The molecule has 0 heterocycles. The van der Waals surface area contributed by atoms with Crippen LogP contribution in [0, 0.1) is 26.9 Å². The van der Waals surface area contributed by atoms with Gasteiger partial charge in [0.25, 0.3) is 5.69 Å². The molecule has 3 atom stereocenters. The third-order valence-corrected chi connectivity index (χ3v) is 7.20. The molecule has 0 saturated heterocycles. The summed E-state index contributed by atoms with van der Waals surface area (Å²) in [5.41, 5.74) is 0.939. The first-order chi connectivity index (χ1) is 11.3. The molecule has 3 rings (SSSR count). The van der Waals surface area contributed by atoms with E-state index in [4.69, 9.17) is 4.84 Å². The average Bonchev–Trinajstić information content (AvgIpc) is 2.95. The molecule has 6 nitrogen and oxygen atoms in total. The number of nitrogens with zero attached hydrogens (tertiary/aromatic N) is 2. The molecule has 0 amide bonds. The summed E-state index contributed by atoms with van der Waals surface area (Å²) in [6.45, 7) is 4.44. The molecule has 128 valence electrons. The smallest absolute Gasteiger partial charge is 0.313 e. The number of non-ortho nitro benzene ring substituents is 1. The SMILES string of the molecule is CC12CCC(C/C1=N\OC(=O)c1cccc([N+](=O)[O-])c1)C2(C)CBr. The van der Waals surface area contributed by atoms with Gasteiger partial charge in [0.15, 0.2) is 0 Å². The van der Waals surface area contributed by atoms with E-state index in [-0.39, 0.29) is 22.1 Å². The molecule has 2 fully saturated rings. The van der Waals surface area contributed by atoms with Crippen LogP contribution in [0.25, 0.3) is 0 Å². The molecule has 24 heavy (non-hydrogen) atoms. The molecule has 2 aliphatic carbocycles. The van der Waals surface area contributed by atoms with Crippen molar-refractivity contribution in [3.05, 3.63) is 39.9 Å². The van der Waals surface area contributed by atoms with Gasteiger partial charge in [-0.15, -0.1) is 0 Å². The molecule has 0 aromatic heterocycles. The van der Waals surface area contributed by atoms with Crippen molar-refractivity contribution in [2.45, 2.75) is 33.1 Å². The normalized spacial score (nSPS) is 33.0. The molecule has 0 N–H and O–H groups in total. The van der Waals surface area contributed by atoms with Gasteiger partial charge in [-0.05, 0) is 36.7 Å². The topological polar surface area (TPSA) is 81.8 Å². The second kappa shape index (κ2) is 5.95. The molecule has 1 aromatic carbocycles. The largest absolute Gasteiger partial charge is 0.365 e. The monoisotopic (exact) mass is 394 g/mol. The second-order valence-corrected chi connectivity index (χ2v) is 7.61. The molecule has 7 heteroatoms. The highest BCUT2D eigenvalue weighted by molar-refractivity contribution is 9.09. The van der Waals surface area contributed by atoms with E-state index >= 15 is 0 Å². The number of hydrogen-bond acceptors (Lipinski definition) is 5. The zero-order valence-electron chi connectivity index (χ0n) is 13.6. The number of fused-ring (bicyclic) bond motifs is 2. The van der Waals surface area contributed by atoms with Gasteiger partial charge in [0.1, 0.15) is 0 Å². The highest BCUT2D eigenvalue weighted by atomic mass is 79.9. The fourth-order valence-corrected chi connectivity index (χ4v) is 5.14. The van der Waals surface area contributed by atoms with Crippen molar-refractivity contribution in [3.63, 3.8) is 0 Å². The van der Waals surface area contributed by atoms with Crippen LogP contribution < -0.4 is 0 Å². The van der Waals surface area contributed by atoms with Crippen molar-refractivity contribution in [1.82, 2.24) is 0 Å². The second-order valence-electron chi connectivity index (χ2n) is 7.05. The van der Waals surface area contributed by atoms with Gasteiger partial charge in [-0.1, -0.05) is 41.0 Å². The summed E-state index contributed by atoms with van der Waals surface area (Å²) in [6, 6.07) is 5.48. The van der Waals surface area contributed by atoms with E-state index in [0.29, 0.717) is 5.92 Å². The summed E-state index contributed by atoms with van der Waals surface area (Å²) in [4.78, 5) is 27.5. The first-order valence-corrected chi connectivity index (χ1v) is 9.03. The Kier molecular flexibility index (Phi) is 4.23. The fraction of sp³-hybridized carbons (Fsp3) is 0.529. The number of rotatable bonds is 4. The zero-order valence-corrected chi connectivity index (χ0v) is 15.2. The number of nitro benzene ring substituents is 1. The standard InChI is InChI=1S/C17H19BrN2O4/c1-16-7-6-12(17(16,2)10-18)9-14(16)19-24-15(21)11-4-3-5-13(8-11)20(22)23/h3-5,8,12H,6-7,9-10H2,1-2H3/b19-14+. The number of hydrogen-bond donors (Lipinski definition) is 0. The lowest BCUT2D eigenvalue weighted by Gasteiger charge is -2.36. The Morgan fingerprint density at radius 2 is 2.25 bits per heavy atom. The molecule has 1 aromatic rings. The van der Waals surface area contributed by atoms with Crippen molar-refractivity contribution in [2.75, 3.05) is 5.33 Å². The number of nitro groups is 1. The Bertz CT molecular complexity index is 735. The molecule has 0 spiro atoms. The number of benzene rings is 1. The minimum absolute atomic E-state index is 0.0792. The summed E-state index contributed by atoms with van der Waals surface area (Å²) in [5.74, 6) is -0.129. The Morgan fingerprint density at radius 1 is 1.50 bits per heavy atom. The van der Waals surface area contributed by atoms with Gasteiger partial charge in [0, 0.05) is 22.9 Å². The van der Waals surface area contributed by atoms with Gasteiger partial charge >= 0.3 is 5.97 Å². The van der Waals surface area contributed by atoms with E-state index in [1.807, 2.05) is 0 Å². The van der Waals surface area contributed by atoms with E-state index in [0.717, 1.165) is 30.3 Å². The van der Waals surface area contributed by atoms with Crippen LogP contribution in [0.15, 0.2) is 29.4 Å². The number of halogens is 1. The van der Waals surface area contributed by atoms with Crippen LogP contribution in [0.2, 0.25) is 0 Å².